The first-order chi connectivity index (χ1) is 6.65. The Kier molecular flexibility index (Phi) is 3.48. The maximum absolute atomic E-state index is 11.0. The third kappa shape index (κ3) is 2.47. The highest BCUT2D eigenvalue weighted by atomic mass is 16.1. The maximum Gasteiger partial charge on any atom is 0.250 e. The molecule has 0 radical (unpaired) electrons. The molecule has 76 valence electrons. The molecule has 0 aliphatic rings. The first-order valence-corrected chi connectivity index (χ1v) is 4.49. The number of aryl methyl sites for hydroxylation is 1. The van der Waals surface area contributed by atoms with Gasteiger partial charge >= 0.3 is 0 Å². The Morgan fingerprint density at radius 2 is 2.21 bits per heavy atom. The molecular formula is C10H15N3O. The number of amides is 1. The van der Waals surface area contributed by atoms with Crippen molar-refractivity contribution in [1.82, 2.24) is 0 Å². The van der Waals surface area contributed by atoms with Gasteiger partial charge in [-0.3, -0.25) is 4.79 Å². The summed E-state index contributed by atoms with van der Waals surface area (Å²) in [6, 6.07) is 5.46. The average molecular weight is 193 g/mol. The highest BCUT2D eigenvalue weighted by Crippen LogP contribution is 2.16. The summed E-state index contributed by atoms with van der Waals surface area (Å²) in [5.74, 6) is -0.426. The number of nitrogens with two attached hydrogens (primary N) is 2. The maximum atomic E-state index is 11.0. The number of hydrogen-bond donors (Lipinski definition) is 3. The molecule has 1 rings (SSSR count). The van der Waals surface area contributed by atoms with Crippen molar-refractivity contribution in [2.75, 3.05) is 18.4 Å². The van der Waals surface area contributed by atoms with Crippen molar-refractivity contribution in [1.29, 1.82) is 0 Å². The summed E-state index contributed by atoms with van der Waals surface area (Å²) in [7, 11) is 0. The van der Waals surface area contributed by atoms with Gasteiger partial charge in [-0.2, -0.15) is 0 Å². The van der Waals surface area contributed by atoms with Gasteiger partial charge in [0.1, 0.15) is 0 Å². The standard InChI is InChI=1S/C10H15N3O/c1-7-2-3-8(10(12)14)9(6-7)13-5-4-11/h2-3,6,13H,4-5,11H2,1H3,(H2,12,14). The number of anilines is 1. The second kappa shape index (κ2) is 4.62. The van der Waals surface area contributed by atoms with E-state index in [1.54, 1.807) is 6.07 Å². The summed E-state index contributed by atoms with van der Waals surface area (Å²) in [6.07, 6.45) is 0. The molecule has 0 saturated heterocycles. The molecule has 4 heteroatoms. The number of primary amides is 1. The molecule has 0 bridgehead atoms. The van der Waals surface area contributed by atoms with Gasteiger partial charge in [-0.15, -0.1) is 0 Å². The van der Waals surface area contributed by atoms with Gasteiger partial charge in [-0.1, -0.05) is 6.07 Å². The molecule has 1 aromatic carbocycles. The van der Waals surface area contributed by atoms with Crippen LogP contribution in [0.1, 0.15) is 15.9 Å². The molecule has 0 unspecified atom stereocenters. The van der Waals surface area contributed by atoms with Crippen LogP contribution in [0.25, 0.3) is 0 Å². The van der Waals surface area contributed by atoms with Gasteiger partial charge in [0.05, 0.1) is 5.56 Å². The smallest absolute Gasteiger partial charge is 0.250 e. The van der Waals surface area contributed by atoms with Crippen LogP contribution in [0.4, 0.5) is 5.69 Å². The van der Waals surface area contributed by atoms with Crippen LogP contribution in [-0.4, -0.2) is 19.0 Å². The van der Waals surface area contributed by atoms with E-state index in [4.69, 9.17) is 11.5 Å². The molecule has 0 aliphatic carbocycles. The van der Waals surface area contributed by atoms with Crippen molar-refractivity contribution in [3.05, 3.63) is 29.3 Å². The third-order valence-electron chi connectivity index (χ3n) is 1.90. The van der Waals surface area contributed by atoms with E-state index in [-0.39, 0.29) is 0 Å². The zero-order valence-electron chi connectivity index (χ0n) is 8.21. The van der Waals surface area contributed by atoms with Crippen LogP contribution in [0.5, 0.6) is 0 Å². The van der Waals surface area contributed by atoms with Crippen molar-refractivity contribution in [3.8, 4) is 0 Å². The van der Waals surface area contributed by atoms with Gasteiger partial charge in [-0.05, 0) is 24.6 Å². The van der Waals surface area contributed by atoms with Gasteiger partial charge in [0.2, 0.25) is 0 Å². The Morgan fingerprint density at radius 3 is 2.79 bits per heavy atom. The molecule has 0 aliphatic heterocycles. The van der Waals surface area contributed by atoms with E-state index in [9.17, 15) is 4.79 Å². The van der Waals surface area contributed by atoms with Crippen LogP contribution in [0, 0.1) is 6.92 Å². The fraction of sp³-hybridized carbons (Fsp3) is 0.300. The van der Waals surface area contributed by atoms with Crippen LogP contribution >= 0.6 is 0 Å². The lowest BCUT2D eigenvalue weighted by molar-refractivity contribution is 0.100. The Morgan fingerprint density at radius 1 is 1.50 bits per heavy atom. The molecule has 14 heavy (non-hydrogen) atoms. The van der Waals surface area contributed by atoms with Crippen molar-refractivity contribution in [2.45, 2.75) is 6.92 Å². The fourth-order valence-corrected chi connectivity index (χ4v) is 1.23. The van der Waals surface area contributed by atoms with Gasteiger partial charge in [0, 0.05) is 18.8 Å². The van der Waals surface area contributed by atoms with E-state index in [1.807, 2.05) is 19.1 Å². The Bertz CT molecular complexity index is 336. The molecular weight excluding hydrogens is 178 g/mol. The van der Waals surface area contributed by atoms with Gasteiger partial charge < -0.3 is 16.8 Å². The molecule has 4 nitrogen and oxygen atoms in total. The quantitative estimate of drug-likeness (QED) is 0.650. The fourth-order valence-electron chi connectivity index (χ4n) is 1.23. The molecule has 0 heterocycles. The molecule has 0 fully saturated rings. The first kappa shape index (κ1) is 10.5. The number of hydrogen-bond acceptors (Lipinski definition) is 3. The van der Waals surface area contributed by atoms with Crippen LogP contribution in [0.2, 0.25) is 0 Å². The second-order valence-electron chi connectivity index (χ2n) is 3.13. The highest BCUT2D eigenvalue weighted by molar-refractivity contribution is 5.98. The molecule has 5 N–H and O–H groups in total. The molecule has 0 aromatic heterocycles. The Hall–Kier alpha value is -1.55. The zero-order chi connectivity index (χ0) is 10.6. The third-order valence-corrected chi connectivity index (χ3v) is 1.90. The number of carbonyl (C=O) groups is 1. The predicted octanol–water partition coefficient (Wildman–Crippen LogP) is 0.465. The molecule has 0 atom stereocenters. The van der Waals surface area contributed by atoms with E-state index in [1.165, 1.54) is 0 Å². The Labute approximate surface area is 83.3 Å². The minimum Gasteiger partial charge on any atom is -0.383 e. The van der Waals surface area contributed by atoms with Gasteiger partial charge in [0.25, 0.3) is 5.91 Å². The van der Waals surface area contributed by atoms with Crippen molar-refractivity contribution in [2.24, 2.45) is 11.5 Å². The topological polar surface area (TPSA) is 81.1 Å². The molecule has 1 amide bonds. The average Bonchev–Trinajstić information content (AvgIpc) is 2.14. The van der Waals surface area contributed by atoms with E-state index in [0.29, 0.717) is 18.7 Å². The minimum absolute atomic E-state index is 0.426. The summed E-state index contributed by atoms with van der Waals surface area (Å²) in [5.41, 5.74) is 12.9. The van der Waals surface area contributed by atoms with E-state index in [0.717, 1.165) is 11.3 Å². The monoisotopic (exact) mass is 193 g/mol. The van der Waals surface area contributed by atoms with Crippen LogP contribution in [0.15, 0.2) is 18.2 Å². The normalized spacial score (nSPS) is 9.86. The summed E-state index contributed by atoms with van der Waals surface area (Å²) in [5, 5.41) is 3.06. The molecule has 0 spiro atoms. The van der Waals surface area contributed by atoms with Gasteiger partial charge in [0.15, 0.2) is 0 Å². The number of rotatable bonds is 4. The SMILES string of the molecule is Cc1ccc(C(N)=O)c(NCCN)c1. The van der Waals surface area contributed by atoms with E-state index >= 15 is 0 Å². The number of benzene rings is 1. The minimum atomic E-state index is -0.426. The Balaban J connectivity index is 2.97. The zero-order valence-corrected chi connectivity index (χ0v) is 8.21. The largest absolute Gasteiger partial charge is 0.383 e. The lowest BCUT2D eigenvalue weighted by atomic mass is 10.1. The summed E-state index contributed by atoms with van der Waals surface area (Å²) in [4.78, 5) is 11.0. The van der Waals surface area contributed by atoms with Crippen molar-refractivity contribution in [3.63, 3.8) is 0 Å². The summed E-state index contributed by atoms with van der Waals surface area (Å²) >= 11 is 0. The van der Waals surface area contributed by atoms with Crippen molar-refractivity contribution < 1.29 is 4.79 Å². The summed E-state index contributed by atoms with van der Waals surface area (Å²) < 4.78 is 0. The number of carbonyl (C=O) groups excluding carboxylic acids is 1. The van der Waals surface area contributed by atoms with Crippen LogP contribution < -0.4 is 16.8 Å². The predicted molar refractivity (Wildman–Crippen MR) is 57.2 cm³/mol. The first-order valence-electron chi connectivity index (χ1n) is 4.49. The lowest BCUT2D eigenvalue weighted by Gasteiger charge is -2.09. The molecule has 0 saturated carbocycles. The highest BCUT2D eigenvalue weighted by Gasteiger charge is 2.06. The van der Waals surface area contributed by atoms with E-state index < -0.39 is 5.91 Å². The van der Waals surface area contributed by atoms with Crippen molar-refractivity contribution >= 4 is 11.6 Å². The van der Waals surface area contributed by atoms with Crippen LogP contribution in [-0.2, 0) is 0 Å². The summed E-state index contributed by atoms with van der Waals surface area (Å²) in [6.45, 7) is 3.11. The molecule has 1 aromatic rings. The lowest BCUT2D eigenvalue weighted by Crippen LogP contribution is -2.18. The second-order valence-corrected chi connectivity index (χ2v) is 3.13. The van der Waals surface area contributed by atoms with Crippen LogP contribution in [0.3, 0.4) is 0 Å². The number of nitrogens with one attached hydrogen (secondary N) is 1. The van der Waals surface area contributed by atoms with Gasteiger partial charge in [-0.25, -0.2) is 0 Å². The van der Waals surface area contributed by atoms with E-state index in [2.05, 4.69) is 5.32 Å².